The number of hydrogen-bond acceptors (Lipinski definition) is 5. The SMILES string of the molecule is COC(=O)[C@H](C(=O)c1ccncc1)c1ccc(OC)cc1. The molecular weight excluding hydrogens is 270 g/mol. The first-order valence-electron chi connectivity index (χ1n) is 6.33. The van der Waals surface area contributed by atoms with Crippen LogP contribution in [0.25, 0.3) is 0 Å². The molecule has 108 valence electrons. The summed E-state index contributed by atoms with van der Waals surface area (Å²) in [5, 5.41) is 0. The fraction of sp³-hybridized carbons (Fsp3) is 0.188. The van der Waals surface area contributed by atoms with Crippen molar-refractivity contribution in [3.05, 3.63) is 59.9 Å². The Balaban J connectivity index is 2.38. The predicted molar refractivity (Wildman–Crippen MR) is 76.3 cm³/mol. The summed E-state index contributed by atoms with van der Waals surface area (Å²) < 4.78 is 9.83. The highest BCUT2D eigenvalue weighted by Crippen LogP contribution is 2.24. The Morgan fingerprint density at radius 3 is 2.14 bits per heavy atom. The van der Waals surface area contributed by atoms with Gasteiger partial charge in [0.2, 0.25) is 0 Å². The Labute approximate surface area is 122 Å². The molecule has 2 rings (SSSR count). The van der Waals surface area contributed by atoms with Crippen molar-refractivity contribution in [3.63, 3.8) is 0 Å². The molecule has 1 heterocycles. The van der Waals surface area contributed by atoms with E-state index in [-0.39, 0.29) is 5.78 Å². The number of aromatic nitrogens is 1. The summed E-state index contributed by atoms with van der Waals surface area (Å²) in [6.45, 7) is 0. The highest BCUT2D eigenvalue weighted by molar-refractivity contribution is 6.12. The number of benzene rings is 1. The number of carbonyl (C=O) groups excluding carboxylic acids is 2. The van der Waals surface area contributed by atoms with E-state index in [1.165, 1.54) is 19.5 Å². The third kappa shape index (κ3) is 3.25. The third-order valence-electron chi connectivity index (χ3n) is 3.11. The minimum Gasteiger partial charge on any atom is -0.497 e. The molecule has 1 atom stereocenters. The summed E-state index contributed by atoms with van der Waals surface area (Å²) in [5.74, 6) is -1.27. The number of ketones is 1. The zero-order valence-electron chi connectivity index (χ0n) is 11.8. The van der Waals surface area contributed by atoms with Crippen LogP contribution in [0.3, 0.4) is 0 Å². The minimum absolute atomic E-state index is 0.325. The molecule has 0 unspecified atom stereocenters. The molecule has 0 spiro atoms. The van der Waals surface area contributed by atoms with Crippen molar-refractivity contribution >= 4 is 11.8 Å². The van der Waals surface area contributed by atoms with Gasteiger partial charge in [-0.25, -0.2) is 0 Å². The van der Waals surface area contributed by atoms with Gasteiger partial charge in [0, 0.05) is 18.0 Å². The molecule has 0 aliphatic carbocycles. The number of ether oxygens (including phenoxy) is 2. The smallest absolute Gasteiger partial charge is 0.321 e. The molecule has 0 saturated carbocycles. The van der Waals surface area contributed by atoms with Gasteiger partial charge in [0.05, 0.1) is 14.2 Å². The average molecular weight is 285 g/mol. The predicted octanol–water partition coefficient (Wildman–Crippen LogP) is 2.23. The van der Waals surface area contributed by atoms with Crippen molar-refractivity contribution in [2.75, 3.05) is 14.2 Å². The van der Waals surface area contributed by atoms with Crippen molar-refractivity contribution in [3.8, 4) is 5.75 Å². The van der Waals surface area contributed by atoms with Gasteiger partial charge < -0.3 is 9.47 Å². The second kappa shape index (κ2) is 6.65. The molecule has 0 aliphatic heterocycles. The van der Waals surface area contributed by atoms with E-state index in [1.54, 1.807) is 43.5 Å². The van der Waals surface area contributed by atoms with Gasteiger partial charge in [-0.2, -0.15) is 0 Å². The number of pyridine rings is 1. The molecule has 5 nitrogen and oxygen atoms in total. The lowest BCUT2D eigenvalue weighted by Gasteiger charge is -2.14. The molecule has 1 aromatic carbocycles. The van der Waals surface area contributed by atoms with Crippen LogP contribution in [-0.2, 0) is 9.53 Å². The van der Waals surface area contributed by atoms with Gasteiger partial charge in [-0.3, -0.25) is 14.6 Å². The van der Waals surface area contributed by atoms with E-state index in [9.17, 15) is 9.59 Å². The van der Waals surface area contributed by atoms with Crippen LogP contribution in [0.4, 0.5) is 0 Å². The summed E-state index contributed by atoms with van der Waals surface area (Å²) in [4.78, 5) is 28.4. The van der Waals surface area contributed by atoms with Gasteiger partial charge in [-0.15, -0.1) is 0 Å². The molecule has 0 bridgehead atoms. The number of esters is 1. The van der Waals surface area contributed by atoms with Crippen molar-refractivity contribution in [1.82, 2.24) is 4.98 Å². The highest BCUT2D eigenvalue weighted by Gasteiger charge is 2.30. The summed E-state index contributed by atoms with van der Waals surface area (Å²) in [6, 6.07) is 9.90. The molecule has 0 radical (unpaired) electrons. The molecular formula is C16H15NO4. The van der Waals surface area contributed by atoms with Crippen LogP contribution in [0.15, 0.2) is 48.8 Å². The maximum atomic E-state index is 12.5. The second-order valence-electron chi connectivity index (χ2n) is 4.33. The maximum Gasteiger partial charge on any atom is 0.321 e. The zero-order chi connectivity index (χ0) is 15.2. The molecule has 0 saturated heterocycles. The Kier molecular flexibility index (Phi) is 4.66. The van der Waals surface area contributed by atoms with Crippen molar-refractivity contribution in [2.24, 2.45) is 0 Å². The summed E-state index contributed by atoms with van der Waals surface area (Å²) in [6.07, 6.45) is 3.02. The van der Waals surface area contributed by atoms with E-state index in [2.05, 4.69) is 4.98 Å². The second-order valence-corrected chi connectivity index (χ2v) is 4.33. The van der Waals surface area contributed by atoms with Crippen LogP contribution in [-0.4, -0.2) is 31.0 Å². The van der Waals surface area contributed by atoms with Gasteiger partial charge >= 0.3 is 5.97 Å². The molecule has 5 heteroatoms. The van der Waals surface area contributed by atoms with E-state index >= 15 is 0 Å². The first-order valence-corrected chi connectivity index (χ1v) is 6.33. The fourth-order valence-corrected chi connectivity index (χ4v) is 1.99. The number of nitrogens with zero attached hydrogens (tertiary/aromatic N) is 1. The average Bonchev–Trinajstić information content (AvgIpc) is 2.56. The number of Topliss-reactive ketones (excluding diaryl/α,β-unsaturated/α-hetero) is 1. The van der Waals surface area contributed by atoms with Gasteiger partial charge in [-0.1, -0.05) is 12.1 Å². The molecule has 0 N–H and O–H groups in total. The first-order chi connectivity index (χ1) is 10.2. The van der Waals surface area contributed by atoms with Crippen LogP contribution in [0.1, 0.15) is 21.8 Å². The van der Waals surface area contributed by atoms with Crippen LogP contribution in [0.5, 0.6) is 5.75 Å². The summed E-state index contributed by atoms with van der Waals surface area (Å²) in [7, 11) is 2.81. The molecule has 0 aliphatic rings. The molecule has 2 aromatic rings. The van der Waals surface area contributed by atoms with E-state index in [4.69, 9.17) is 9.47 Å². The third-order valence-corrected chi connectivity index (χ3v) is 3.11. The zero-order valence-corrected chi connectivity index (χ0v) is 11.8. The quantitative estimate of drug-likeness (QED) is 0.479. The van der Waals surface area contributed by atoms with E-state index in [0.717, 1.165) is 0 Å². The standard InChI is InChI=1S/C16H15NO4/c1-20-13-5-3-11(4-6-13)14(16(19)21-2)15(18)12-7-9-17-10-8-12/h3-10,14H,1-2H3/t14-/m0/s1. The fourth-order valence-electron chi connectivity index (χ4n) is 1.99. The van der Waals surface area contributed by atoms with E-state index in [1.807, 2.05) is 0 Å². The van der Waals surface area contributed by atoms with Crippen LogP contribution in [0.2, 0.25) is 0 Å². The Hall–Kier alpha value is -2.69. The number of rotatable bonds is 5. The number of hydrogen-bond donors (Lipinski definition) is 0. The van der Waals surface area contributed by atoms with E-state index < -0.39 is 11.9 Å². The van der Waals surface area contributed by atoms with Gasteiger partial charge in [0.1, 0.15) is 11.7 Å². The topological polar surface area (TPSA) is 65.5 Å². The summed E-state index contributed by atoms with van der Waals surface area (Å²) >= 11 is 0. The maximum absolute atomic E-state index is 12.5. The first kappa shape index (κ1) is 14.7. The lowest BCUT2D eigenvalue weighted by atomic mass is 9.91. The van der Waals surface area contributed by atoms with Crippen LogP contribution in [0, 0.1) is 0 Å². The Bertz CT molecular complexity index is 622. The van der Waals surface area contributed by atoms with E-state index in [0.29, 0.717) is 16.9 Å². The Morgan fingerprint density at radius 2 is 1.62 bits per heavy atom. The monoisotopic (exact) mass is 285 g/mol. The van der Waals surface area contributed by atoms with Crippen LogP contribution < -0.4 is 4.74 Å². The number of methoxy groups -OCH3 is 2. The van der Waals surface area contributed by atoms with Gasteiger partial charge in [0.15, 0.2) is 5.78 Å². The molecule has 0 fully saturated rings. The molecule has 1 aromatic heterocycles. The number of carbonyl (C=O) groups is 2. The highest BCUT2D eigenvalue weighted by atomic mass is 16.5. The van der Waals surface area contributed by atoms with Crippen molar-refractivity contribution in [1.29, 1.82) is 0 Å². The molecule has 0 amide bonds. The summed E-state index contributed by atoms with van der Waals surface area (Å²) in [5.41, 5.74) is 0.973. The largest absolute Gasteiger partial charge is 0.497 e. The normalized spacial score (nSPS) is 11.5. The Morgan fingerprint density at radius 1 is 1.00 bits per heavy atom. The van der Waals surface area contributed by atoms with Crippen molar-refractivity contribution < 1.29 is 19.1 Å². The van der Waals surface area contributed by atoms with Crippen molar-refractivity contribution in [2.45, 2.75) is 5.92 Å². The minimum atomic E-state index is -0.997. The lowest BCUT2D eigenvalue weighted by Crippen LogP contribution is -2.23. The van der Waals surface area contributed by atoms with Gasteiger partial charge in [-0.05, 0) is 29.8 Å². The van der Waals surface area contributed by atoms with Crippen LogP contribution >= 0.6 is 0 Å². The van der Waals surface area contributed by atoms with Gasteiger partial charge in [0.25, 0.3) is 0 Å². The molecule has 21 heavy (non-hydrogen) atoms. The lowest BCUT2D eigenvalue weighted by molar-refractivity contribution is -0.141.